The number of hydrogen-bond donors (Lipinski definition) is 0. The van der Waals surface area contributed by atoms with E-state index >= 15 is 0 Å². The quantitative estimate of drug-likeness (QED) is 0.730. The first-order chi connectivity index (χ1) is 8.15. The summed E-state index contributed by atoms with van der Waals surface area (Å²) in [6, 6.07) is 2.12. The van der Waals surface area contributed by atoms with Crippen LogP contribution >= 0.6 is 23.2 Å². The Morgan fingerprint density at radius 2 is 2.18 bits per heavy atom. The molecule has 5 heteroatoms. The fourth-order valence-corrected chi connectivity index (χ4v) is 3.12. The van der Waals surface area contributed by atoms with Gasteiger partial charge in [-0.1, -0.05) is 30.1 Å². The molecule has 2 aromatic heterocycles. The molecule has 0 saturated heterocycles. The summed E-state index contributed by atoms with van der Waals surface area (Å²) in [5.41, 5.74) is 1.55. The van der Waals surface area contributed by atoms with Crippen LogP contribution in [0.4, 0.5) is 0 Å². The van der Waals surface area contributed by atoms with Crippen molar-refractivity contribution in [3.05, 3.63) is 22.6 Å². The molecule has 1 saturated carbocycles. The fourth-order valence-electron chi connectivity index (χ4n) is 2.64. The molecule has 0 spiro atoms. The van der Waals surface area contributed by atoms with Gasteiger partial charge in [0, 0.05) is 6.04 Å². The van der Waals surface area contributed by atoms with E-state index in [0.29, 0.717) is 16.2 Å². The third-order valence-corrected chi connectivity index (χ3v) is 3.99. The lowest BCUT2D eigenvalue weighted by molar-refractivity contribution is 0.502. The minimum absolute atomic E-state index is 0.426. The van der Waals surface area contributed by atoms with Crippen LogP contribution < -0.4 is 0 Å². The van der Waals surface area contributed by atoms with Gasteiger partial charge in [0.15, 0.2) is 5.65 Å². The summed E-state index contributed by atoms with van der Waals surface area (Å²) in [6.07, 6.45) is 5.46. The van der Waals surface area contributed by atoms with Gasteiger partial charge in [-0.05, 0) is 31.2 Å². The zero-order valence-corrected chi connectivity index (χ0v) is 11.0. The smallest absolute Gasteiger partial charge is 0.163 e. The summed E-state index contributed by atoms with van der Waals surface area (Å²) in [5, 5.41) is 1.00. The first-order valence-electron chi connectivity index (χ1n) is 5.83. The normalized spacial score (nSPS) is 24.6. The summed E-state index contributed by atoms with van der Waals surface area (Å²) in [7, 11) is 0. The van der Waals surface area contributed by atoms with Gasteiger partial charge >= 0.3 is 0 Å². The summed E-state index contributed by atoms with van der Waals surface area (Å²) in [6.45, 7) is 2.28. The predicted octanol–water partition coefficient (Wildman–Crippen LogP) is 4.10. The molecule has 0 radical (unpaired) electrons. The Balaban J connectivity index is 2.11. The highest BCUT2D eigenvalue weighted by molar-refractivity contribution is 6.37. The molecule has 17 heavy (non-hydrogen) atoms. The van der Waals surface area contributed by atoms with Gasteiger partial charge in [-0.25, -0.2) is 9.97 Å². The average Bonchev–Trinajstić information content (AvgIpc) is 2.83. The number of halogens is 2. The molecule has 1 aliphatic rings. The third-order valence-electron chi connectivity index (χ3n) is 3.51. The number of fused-ring (bicyclic) bond motifs is 1. The molecule has 2 unspecified atom stereocenters. The summed E-state index contributed by atoms with van der Waals surface area (Å²) in [5.74, 6) is 0.770. The Hall–Kier alpha value is -0.800. The second-order valence-corrected chi connectivity index (χ2v) is 5.62. The zero-order chi connectivity index (χ0) is 12.0. The molecule has 0 N–H and O–H groups in total. The predicted molar refractivity (Wildman–Crippen MR) is 69.6 cm³/mol. The van der Waals surface area contributed by atoms with Crippen LogP contribution in [0.15, 0.2) is 12.4 Å². The third kappa shape index (κ3) is 1.91. The van der Waals surface area contributed by atoms with Gasteiger partial charge in [0.25, 0.3) is 0 Å². The second kappa shape index (κ2) is 4.14. The monoisotopic (exact) mass is 269 g/mol. The highest BCUT2D eigenvalue weighted by atomic mass is 35.5. The van der Waals surface area contributed by atoms with Crippen molar-refractivity contribution in [2.75, 3.05) is 0 Å². The summed E-state index contributed by atoms with van der Waals surface area (Å²) >= 11 is 12.1. The molecule has 1 aliphatic carbocycles. The van der Waals surface area contributed by atoms with E-state index in [1.54, 1.807) is 6.07 Å². The van der Waals surface area contributed by atoms with E-state index in [4.69, 9.17) is 23.2 Å². The Bertz CT molecular complexity index is 564. The fraction of sp³-hybridized carbons (Fsp3) is 0.500. The first kappa shape index (κ1) is 11.3. The second-order valence-electron chi connectivity index (χ2n) is 4.82. The molecule has 2 aromatic rings. The highest BCUT2D eigenvalue weighted by Gasteiger charge is 2.24. The number of hydrogen-bond acceptors (Lipinski definition) is 2. The largest absolute Gasteiger partial charge is 0.312 e. The van der Waals surface area contributed by atoms with Crippen molar-refractivity contribution in [2.45, 2.75) is 32.2 Å². The van der Waals surface area contributed by atoms with E-state index in [1.807, 2.05) is 6.33 Å². The lowest BCUT2D eigenvalue weighted by Gasteiger charge is -2.12. The van der Waals surface area contributed by atoms with Crippen molar-refractivity contribution in [2.24, 2.45) is 5.92 Å². The molecule has 3 rings (SSSR count). The zero-order valence-electron chi connectivity index (χ0n) is 9.53. The number of rotatable bonds is 1. The van der Waals surface area contributed by atoms with Crippen molar-refractivity contribution in [3.63, 3.8) is 0 Å². The van der Waals surface area contributed by atoms with Crippen LogP contribution in [0.1, 0.15) is 32.2 Å². The lowest BCUT2D eigenvalue weighted by Crippen LogP contribution is -2.04. The molecule has 3 nitrogen and oxygen atoms in total. The average molecular weight is 270 g/mol. The Kier molecular flexibility index (Phi) is 2.75. The molecule has 90 valence electrons. The Labute approximate surface area is 110 Å². The van der Waals surface area contributed by atoms with E-state index in [9.17, 15) is 0 Å². The molecule has 2 atom stereocenters. The van der Waals surface area contributed by atoms with Crippen molar-refractivity contribution >= 4 is 34.4 Å². The van der Waals surface area contributed by atoms with E-state index < -0.39 is 0 Å². The van der Waals surface area contributed by atoms with Crippen molar-refractivity contribution in [3.8, 4) is 0 Å². The van der Waals surface area contributed by atoms with Gasteiger partial charge in [-0.2, -0.15) is 0 Å². The Morgan fingerprint density at radius 3 is 2.88 bits per heavy atom. The molecule has 0 amide bonds. The molecular formula is C12H13Cl2N3. The van der Waals surface area contributed by atoms with Crippen LogP contribution in [0, 0.1) is 5.92 Å². The van der Waals surface area contributed by atoms with Gasteiger partial charge in [-0.15, -0.1) is 0 Å². The molecule has 0 aliphatic heterocycles. The minimum atomic E-state index is 0.426. The molecule has 0 aromatic carbocycles. The standard InChI is InChI=1S/C12H13Cl2N3/c1-7-2-3-8(4-7)17-6-15-11-9(13)5-10(14)16-12(11)17/h5-8H,2-4H2,1H3. The Morgan fingerprint density at radius 1 is 1.35 bits per heavy atom. The van der Waals surface area contributed by atoms with E-state index in [2.05, 4.69) is 21.5 Å². The van der Waals surface area contributed by atoms with Gasteiger partial charge in [0.2, 0.25) is 0 Å². The lowest BCUT2D eigenvalue weighted by atomic mass is 10.1. The van der Waals surface area contributed by atoms with Crippen LogP contribution in [0.2, 0.25) is 10.2 Å². The maximum Gasteiger partial charge on any atom is 0.163 e. The van der Waals surface area contributed by atoms with Crippen LogP contribution in [0.3, 0.4) is 0 Å². The maximum atomic E-state index is 6.11. The van der Waals surface area contributed by atoms with Crippen molar-refractivity contribution < 1.29 is 0 Å². The number of imidazole rings is 1. The van der Waals surface area contributed by atoms with E-state index in [0.717, 1.165) is 17.1 Å². The van der Waals surface area contributed by atoms with Crippen LogP contribution in [-0.2, 0) is 0 Å². The van der Waals surface area contributed by atoms with Crippen LogP contribution in [0.5, 0.6) is 0 Å². The molecule has 0 bridgehead atoms. The molecule has 1 fully saturated rings. The number of pyridine rings is 1. The van der Waals surface area contributed by atoms with Gasteiger partial charge in [-0.3, -0.25) is 0 Å². The highest BCUT2D eigenvalue weighted by Crippen LogP contribution is 2.36. The van der Waals surface area contributed by atoms with Crippen molar-refractivity contribution in [1.29, 1.82) is 0 Å². The summed E-state index contributed by atoms with van der Waals surface area (Å²) in [4.78, 5) is 8.69. The van der Waals surface area contributed by atoms with Gasteiger partial charge in [0.1, 0.15) is 10.7 Å². The van der Waals surface area contributed by atoms with Gasteiger partial charge < -0.3 is 4.57 Å². The first-order valence-corrected chi connectivity index (χ1v) is 6.59. The van der Waals surface area contributed by atoms with Crippen LogP contribution in [-0.4, -0.2) is 14.5 Å². The van der Waals surface area contributed by atoms with E-state index in [-0.39, 0.29) is 0 Å². The van der Waals surface area contributed by atoms with Gasteiger partial charge in [0.05, 0.1) is 11.3 Å². The number of aromatic nitrogens is 3. The van der Waals surface area contributed by atoms with Crippen molar-refractivity contribution in [1.82, 2.24) is 14.5 Å². The maximum absolute atomic E-state index is 6.11. The SMILES string of the molecule is CC1CCC(n2cnc3c(Cl)cc(Cl)nc32)C1. The topological polar surface area (TPSA) is 30.7 Å². The number of nitrogens with zero attached hydrogens (tertiary/aromatic N) is 3. The molecule has 2 heterocycles. The summed E-state index contributed by atoms with van der Waals surface area (Å²) < 4.78 is 2.12. The van der Waals surface area contributed by atoms with E-state index in [1.165, 1.54) is 19.3 Å². The van der Waals surface area contributed by atoms with Crippen LogP contribution in [0.25, 0.3) is 11.2 Å². The molecular weight excluding hydrogens is 257 g/mol. The minimum Gasteiger partial charge on any atom is -0.312 e.